The monoisotopic (exact) mass is 451 g/mol. The van der Waals surface area contributed by atoms with Gasteiger partial charge in [0.1, 0.15) is 0 Å². The first kappa shape index (κ1) is 7.32. The number of rotatable bonds is 1. The van der Waals surface area contributed by atoms with Crippen LogP contribution in [0, 0.1) is 0 Å². The Balaban J connectivity index is 2.29. The van der Waals surface area contributed by atoms with E-state index in [-0.39, 0.29) is 21.8 Å². The summed E-state index contributed by atoms with van der Waals surface area (Å²) in [5.41, 5.74) is -6.82. The Morgan fingerprint density at radius 1 is 0.679 bits per heavy atom. The zero-order chi connectivity index (χ0) is 35.3. The molecule has 0 amide bonds. The Kier molecular flexibility index (Phi) is 1.70. The molecule has 3 aromatic carbocycles. The van der Waals surface area contributed by atoms with E-state index in [4.69, 9.17) is 24.7 Å². The molecular weight excluding hydrogens is 406 g/mol. The minimum Gasteiger partial charge on any atom is -0.309 e. The van der Waals surface area contributed by atoms with Crippen LogP contribution in [0.3, 0.4) is 0 Å². The molecule has 0 saturated carbocycles. The summed E-state index contributed by atoms with van der Waals surface area (Å²) in [7, 11) is 0. The molecule has 0 atom stereocenters. The summed E-state index contributed by atoms with van der Waals surface area (Å²) in [6.45, 7) is -21.5. The minimum atomic E-state index is -3.58. The van der Waals surface area contributed by atoms with Crippen LogP contribution in [0.1, 0.15) is 76.9 Å². The molecule has 0 N–H and O–H groups in total. The topological polar surface area (TPSA) is 4.93 Å². The van der Waals surface area contributed by atoms with E-state index in [9.17, 15) is 0 Å². The van der Waals surface area contributed by atoms with Crippen molar-refractivity contribution >= 4 is 37.7 Å². The van der Waals surface area contributed by atoms with Crippen molar-refractivity contribution in [3.05, 3.63) is 76.3 Å². The van der Waals surface area contributed by atoms with Crippen LogP contribution < -0.4 is 0 Å². The van der Waals surface area contributed by atoms with E-state index in [0.29, 0.717) is 5.69 Å². The molecule has 0 radical (unpaired) electrons. The summed E-state index contributed by atoms with van der Waals surface area (Å²) in [6.07, 6.45) is 0. The van der Waals surface area contributed by atoms with Gasteiger partial charge < -0.3 is 4.57 Å². The van der Waals surface area contributed by atoms with Gasteiger partial charge in [0.25, 0.3) is 0 Å². The van der Waals surface area contributed by atoms with Gasteiger partial charge in [-0.1, -0.05) is 69.2 Å². The van der Waals surface area contributed by atoms with Crippen molar-refractivity contribution in [1.29, 1.82) is 0 Å². The SMILES string of the molecule is [2H]C([2H])([2H])C(c1ccc2c(c1)c1cc(C(C([2H])([2H])[2H])(C([2H])([2H])[2H])C([2H])([2H])[2H])ccc1n2-c1ccc(Br)cc1)(C([2H])([2H])[2H])C([2H])([2H])[2H]. The first-order chi connectivity index (χ1) is 20.6. The third-order valence-electron chi connectivity index (χ3n) is 4.72. The fourth-order valence-corrected chi connectivity index (χ4v) is 3.62. The lowest BCUT2D eigenvalue weighted by Crippen LogP contribution is -2.10. The van der Waals surface area contributed by atoms with Gasteiger partial charge in [-0.15, -0.1) is 0 Å². The highest BCUT2D eigenvalue weighted by Crippen LogP contribution is 2.37. The number of hydrogen-bond donors (Lipinski definition) is 0. The van der Waals surface area contributed by atoms with Gasteiger partial charge in [0.05, 0.1) is 11.0 Å². The predicted molar refractivity (Wildman–Crippen MR) is 126 cm³/mol. The van der Waals surface area contributed by atoms with Crippen LogP contribution in [-0.4, -0.2) is 4.57 Å². The first-order valence-electron chi connectivity index (χ1n) is 17.4. The van der Waals surface area contributed by atoms with E-state index in [1.54, 1.807) is 28.8 Å². The fraction of sp³-hybridized carbons (Fsp3) is 0.308. The molecule has 0 unspecified atom stereocenters. The highest BCUT2D eigenvalue weighted by atomic mass is 79.9. The van der Waals surface area contributed by atoms with Crippen molar-refractivity contribution in [3.8, 4) is 5.69 Å². The summed E-state index contributed by atoms with van der Waals surface area (Å²) in [6, 6.07) is 13.8. The Labute approximate surface area is 201 Å². The molecule has 0 spiro atoms. The second-order valence-electron chi connectivity index (χ2n) is 6.78. The number of nitrogens with zero attached hydrogens (tertiary/aromatic N) is 1. The maximum Gasteiger partial charge on any atom is 0.0541 e. The van der Waals surface area contributed by atoms with E-state index in [1.165, 1.54) is 12.1 Å². The third kappa shape index (κ3) is 3.28. The zero-order valence-electron chi connectivity index (χ0n) is 32.6. The quantitative estimate of drug-likeness (QED) is 0.275. The number of hydrogen-bond acceptors (Lipinski definition) is 0. The van der Waals surface area contributed by atoms with Crippen LogP contribution in [-0.2, 0) is 10.8 Å². The number of fused-ring (bicyclic) bond motifs is 3. The maximum absolute atomic E-state index is 8.15. The molecule has 4 rings (SSSR count). The van der Waals surface area contributed by atoms with Crippen molar-refractivity contribution in [1.82, 2.24) is 4.57 Å². The van der Waals surface area contributed by atoms with Crippen LogP contribution >= 0.6 is 15.9 Å². The van der Waals surface area contributed by atoms with Crippen LogP contribution in [0.25, 0.3) is 27.5 Å². The van der Waals surface area contributed by atoms with Gasteiger partial charge in [-0.2, -0.15) is 0 Å². The van der Waals surface area contributed by atoms with Gasteiger partial charge >= 0.3 is 0 Å². The highest BCUT2D eigenvalue weighted by molar-refractivity contribution is 9.10. The molecular formula is C26H28BrN. The fourth-order valence-electron chi connectivity index (χ4n) is 3.36. The van der Waals surface area contributed by atoms with E-state index >= 15 is 0 Å². The molecule has 0 saturated heterocycles. The van der Waals surface area contributed by atoms with Crippen molar-refractivity contribution < 1.29 is 24.7 Å². The van der Waals surface area contributed by atoms with Gasteiger partial charge in [0.2, 0.25) is 0 Å². The molecule has 0 aliphatic carbocycles. The van der Waals surface area contributed by atoms with Gasteiger partial charge in [-0.3, -0.25) is 0 Å². The van der Waals surface area contributed by atoms with Crippen LogP contribution in [0.4, 0.5) is 0 Å². The third-order valence-corrected chi connectivity index (χ3v) is 5.24. The van der Waals surface area contributed by atoms with Gasteiger partial charge in [-0.05, 0) is 70.5 Å². The summed E-state index contributed by atoms with van der Waals surface area (Å²) in [4.78, 5) is 0. The van der Waals surface area contributed by atoms with Crippen molar-refractivity contribution in [2.45, 2.75) is 51.9 Å². The molecule has 4 aromatic rings. The second-order valence-corrected chi connectivity index (χ2v) is 7.69. The zero-order valence-corrected chi connectivity index (χ0v) is 16.2. The Morgan fingerprint density at radius 2 is 1.14 bits per heavy atom. The molecule has 0 bridgehead atoms. The summed E-state index contributed by atoms with van der Waals surface area (Å²) in [5.74, 6) is 0. The summed E-state index contributed by atoms with van der Waals surface area (Å²) < 4.78 is 149. The van der Waals surface area contributed by atoms with Gasteiger partial charge in [0.15, 0.2) is 0 Å². The smallest absolute Gasteiger partial charge is 0.0541 e. The van der Waals surface area contributed by atoms with Crippen molar-refractivity contribution in [2.24, 2.45) is 0 Å². The lowest BCUT2D eigenvalue weighted by Gasteiger charge is -2.19. The minimum absolute atomic E-state index is 0.0370. The Bertz CT molecular complexity index is 1580. The average Bonchev–Trinajstić information content (AvgIpc) is 3.13. The van der Waals surface area contributed by atoms with Crippen molar-refractivity contribution in [3.63, 3.8) is 0 Å². The summed E-state index contributed by atoms with van der Waals surface area (Å²) in [5, 5.41) is 0.0739. The average molecular weight is 453 g/mol. The van der Waals surface area contributed by atoms with Crippen LogP contribution in [0.2, 0.25) is 0 Å². The van der Waals surface area contributed by atoms with Crippen LogP contribution in [0.15, 0.2) is 65.1 Å². The molecule has 28 heavy (non-hydrogen) atoms. The Hall–Kier alpha value is -2.06. The Morgan fingerprint density at radius 3 is 1.57 bits per heavy atom. The molecule has 1 nitrogen and oxygen atoms in total. The molecule has 0 aliphatic heterocycles. The number of halogens is 1. The standard InChI is InChI=1S/C26H28BrN/c1-25(2,3)17-7-13-23-21(15-17)22-16-18(26(4,5)6)8-14-24(22)28(23)20-11-9-19(27)10-12-20/h7-16H,1-6H3/i1D3,2D3,3D3,4D3,5D3,6D3. The van der Waals surface area contributed by atoms with E-state index in [1.807, 2.05) is 0 Å². The molecule has 0 fully saturated rings. The van der Waals surface area contributed by atoms with Crippen LogP contribution in [0.5, 0.6) is 0 Å². The molecule has 1 heterocycles. The van der Waals surface area contributed by atoms with E-state index < -0.39 is 63.1 Å². The molecule has 2 heteroatoms. The molecule has 0 aliphatic rings. The predicted octanol–water partition coefficient (Wildman–Crippen LogP) is 8.14. The first-order valence-corrected chi connectivity index (χ1v) is 9.20. The normalized spacial score (nSPS) is 25.0. The van der Waals surface area contributed by atoms with E-state index in [2.05, 4.69) is 15.9 Å². The maximum atomic E-state index is 8.15. The van der Waals surface area contributed by atoms with Gasteiger partial charge in [0, 0.05) is 45.6 Å². The lowest BCUT2D eigenvalue weighted by atomic mass is 9.85. The lowest BCUT2D eigenvalue weighted by molar-refractivity contribution is 0.590. The van der Waals surface area contributed by atoms with Crippen molar-refractivity contribution in [2.75, 3.05) is 0 Å². The second kappa shape index (κ2) is 6.49. The summed E-state index contributed by atoms with van der Waals surface area (Å²) >= 11 is 3.35. The van der Waals surface area contributed by atoms with Gasteiger partial charge in [-0.25, -0.2) is 0 Å². The van der Waals surface area contributed by atoms with E-state index in [0.717, 1.165) is 28.7 Å². The highest BCUT2D eigenvalue weighted by Gasteiger charge is 2.20. The largest absolute Gasteiger partial charge is 0.309 e. The number of benzene rings is 3. The molecule has 144 valence electrons. The number of aromatic nitrogens is 1. The molecule has 1 aromatic heterocycles.